The van der Waals surface area contributed by atoms with Crippen LogP contribution in [0.25, 0.3) is 0 Å². The quantitative estimate of drug-likeness (QED) is 0.519. The van der Waals surface area contributed by atoms with Gasteiger partial charge in [-0.1, -0.05) is 0 Å². The minimum atomic E-state index is 0. The third kappa shape index (κ3) is 8.92. The normalized spacial score (nSPS) is 0. The van der Waals surface area contributed by atoms with Gasteiger partial charge in [0.2, 0.25) is 0 Å². The summed E-state index contributed by atoms with van der Waals surface area (Å²) in [5.74, 6) is 0. The van der Waals surface area contributed by atoms with Crippen LogP contribution < -0.4 is 0 Å². The van der Waals surface area contributed by atoms with Crippen LogP contribution in [0.2, 0.25) is 0 Å². The van der Waals surface area contributed by atoms with E-state index in [1.54, 1.807) is 0 Å². The van der Waals surface area contributed by atoms with Crippen molar-refractivity contribution in [2.24, 2.45) is 0 Å². The van der Waals surface area contributed by atoms with Gasteiger partial charge in [-0.2, -0.15) is 9.90 Å². The summed E-state index contributed by atoms with van der Waals surface area (Å²) in [6.45, 7) is 0. The summed E-state index contributed by atoms with van der Waals surface area (Å²) in [5, 5.41) is 0. The van der Waals surface area contributed by atoms with Gasteiger partial charge in [0.25, 0.3) is 0 Å². The first-order valence-electron chi connectivity index (χ1n) is 0. The van der Waals surface area contributed by atoms with Crippen LogP contribution in [0.5, 0.6) is 0 Å². The van der Waals surface area contributed by atoms with Crippen molar-refractivity contribution in [3.05, 3.63) is 0 Å². The second kappa shape index (κ2) is 19.3. The van der Waals surface area contributed by atoms with E-state index in [1.165, 1.54) is 0 Å². The Kier molecular flexibility index (Phi) is 171. The Bertz CT molecular complexity index is 6.00. The van der Waals surface area contributed by atoms with Crippen LogP contribution in [0.4, 0.5) is 0 Å². The fourth-order valence-corrected chi connectivity index (χ4v) is 0. The first-order chi connectivity index (χ1) is 0. The van der Waals surface area contributed by atoms with E-state index in [0.29, 0.717) is 0 Å². The molecule has 0 aromatic carbocycles. The van der Waals surface area contributed by atoms with Crippen LogP contribution in [0.1, 0.15) is 0 Å². The molecule has 0 spiro atoms. The van der Waals surface area contributed by atoms with Crippen molar-refractivity contribution in [2.75, 3.05) is 0 Å². The maximum atomic E-state index is 0. The molecule has 0 rings (SSSR count). The van der Waals surface area contributed by atoms with E-state index in [1.807, 2.05) is 0 Å². The van der Waals surface area contributed by atoms with Gasteiger partial charge >= 0.3 is 51.7 Å². The molecular formula is H3In2OP+4. The molecule has 0 aromatic rings. The van der Waals surface area contributed by atoms with Crippen molar-refractivity contribution in [1.82, 2.24) is 0 Å². The zero-order valence-electron chi connectivity index (χ0n) is 2.27. The molecule has 0 N–H and O–H groups in total. The van der Waals surface area contributed by atoms with Gasteiger partial charge in [-0.25, -0.2) is 0 Å². The van der Waals surface area contributed by atoms with Gasteiger partial charge in [0.05, 0.1) is 0 Å². The Labute approximate surface area is 66.4 Å². The second-order valence-electron chi connectivity index (χ2n) is 0. The molecule has 0 heterocycles. The Balaban J connectivity index is 0. The summed E-state index contributed by atoms with van der Waals surface area (Å²) in [5.41, 5.74) is 0. The molecule has 0 saturated heterocycles. The molecule has 0 aliphatic rings. The van der Waals surface area contributed by atoms with Crippen molar-refractivity contribution in [3.63, 3.8) is 0 Å². The fraction of sp³-hybridized carbons (Fsp3) is 0. The molecule has 0 radical (unpaired) electrons. The number of rotatable bonds is 0. The van der Waals surface area contributed by atoms with Crippen LogP contribution in [0, 0.1) is 0 Å². The standard InChI is InChI=1S/2In.O.H3P/h;;;1H3/q2*+3;-2;. The van der Waals surface area contributed by atoms with Crippen molar-refractivity contribution in [3.8, 4) is 0 Å². The zero-order valence-corrected chi connectivity index (χ0v) is 10.3. The molecule has 1 atom stereocenters. The first kappa shape index (κ1) is 35.6. The van der Waals surface area contributed by atoms with Gasteiger partial charge in [-0.05, 0) is 0 Å². The smallest absolute Gasteiger partial charge is 2.00 e. The van der Waals surface area contributed by atoms with E-state index < -0.39 is 0 Å². The van der Waals surface area contributed by atoms with Gasteiger partial charge in [0.1, 0.15) is 0 Å². The van der Waals surface area contributed by atoms with Gasteiger partial charge < -0.3 is 5.48 Å². The van der Waals surface area contributed by atoms with E-state index in [2.05, 4.69) is 0 Å². The Hall–Kier alpha value is 2.13. The predicted octanol–water partition coefficient (Wildman–Crippen LogP) is -0.822. The van der Waals surface area contributed by atoms with E-state index in [0.717, 1.165) is 0 Å². The molecule has 0 aliphatic heterocycles. The SMILES string of the molecule is P.[In+3].[In+3].[O-2]. The van der Waals surface area contributed by atoms with Crippen LogP contribution in [0.3, 0.4) is 0 Å². The van der Waals surface area contributed by atoms with Gasteiger partial charge in [-0.15, -0.1) is 0 Å². The maximum absolute atomic E-state index is 0. The van der Waals surface area contributed by atoms with E-state index in [4.69, 9.17) is 0 Å². The minimum Gasteiger partial charge on any atom is -2.00 e. The summed E-state index contributed by atoms with van der Waals surface area (Å²) in [6, 6.07) is 0. The summed E-state index contributed by atoms with van der Waals surface area (Å²) in [4.78, 5) is 0. The summed E-state index contributed by atoms with van der Waals surface area (Å²) >= 11 is 0. The third-order valence-corrected chi connectivity index (χ3v) is 0. The molecule has 0 fully saturated rings. The predicted molar refractivity (Wildman–Crippen MR) is 23.3 cm³/mol. The molecule has 16 valence electrons. The number of hydrogen-bond donors (Lipinski definition) is 0. The second-order valence-corrected chi connectivity index (χ2v) is 0. The van der Waals surface area contributed by atoms with E-state index in [-0.39, 0.29) is 67.1 Å². The van der Waals surface area contributed by atoms with Crippen LogP contribution in [-0.4, -0.2) is 51.7 Å². The molecule has 0 amide bonds. The molecule has 1 unspecified atom stereocenters. The average molecular weight is 280 g/mol. The monoisotopic (exact) mass is 280 g/mol. The van der Waals surface area contributed by atoms with Gasteiger partial charge in [0, 0.05) is 0 Å². The molecule has 4 heteroatoms. The number of hydrogen-bond acceptors (Lipinski definition) is 0. The average Bonchev–Trinajstić information content (AvgIpc) is 0. The van der Waals surface area contributed by atoms with Crippen molar-refractivity contribution in [2.45, 2.75) is 0 Å². The summed E-state index contributed by atoms with van der Waals surface area (Å²) in [6.07, 6.45) is 0. The molecule has 0 aromatic heterocycles. The van der Waals surface area contributed by atoms with Crippen molar-refractivity contribution in [1.29, 1.82) is 0 Å². The van der Waals surface area contributed by atoms with Gasteiger partial charge in [0.15, 0.2) is 0 Å². The van der Waals surface area contributed by atoms with Crippen molar-refractivity contribution >= 4 is 61.6 Å². The minimum absolute atomic E-state index is 0. The van der Waals surface area contributed by atoms with Crippen LogP contribution in [-0.2, 0) is 5.48 Å². The van der Waals surface area contributed by atoms with Crippen LogP contribution in [0.15, 0.2) is 0 Å². The van der Waals surface area contributed by atoms with Crippen LogP contribution >= 0.6 is 9.90 Å². The van der Waals surface area contributed by atoms with E-state index in [9.17, 15) is 0 Å². The molecule has 4 heavy (non-hydrogen) atoms. The topological polar surface area (TPSA) is 28.5 Å². The van der Waals surface area contributed by atoms with Crippen molar-refractivity contribution < 1.29 is 5.48 Å². The Morgan fingerprint density at radius 1 is 0.750 bits per heavy atom. The Morgan fingerprint density at radius 2 is 0.750 bits per heavy atom. The molecular weight excluding hydrogens is 277 g/mol. The molecule has 0 saturated carbocycles. The molecule has 0 bridgehead atoms. The molecule has 0 aliphatic carbocycles. The zero-order chi connectivity index (χ0) is 0. The van der Waals surface area contributed by atoms with Gasteiger partial charge in [-0.3, -0.25) is 0 Å². The summed E-state index contributed by atoms with van der Waals surface area (Å²) < 4.78 is 0. The first-order valence-corrected chi connectivity index (χ1v) is 0. The largest absolute Gasteiger partial charge is 3.00 e. The molecule has 1 nitrogen and oxygen atoms in total. The maximum Gasteiger partial charge on any atom is 3.00 e. The third-order valence-electron chi connectivity index (χ3n) is 0. The van der Waals surface area contributed by atoms with E-state index >= 15 is 0 Å². The fourth-order valence-electron chi connectivity index (χ4n) is 0. The summed E-state index contributed by atoms with van der Waals surface area (Å²) in [7, 11) is 0. The Morgan fingerprint density at radius 3 is 0.750 bits per heavy atom.